The fourth-order valence-electron chi connectivity index (χ4n) is 0.933. The Balaban J connectivity index is 3.25. The smallest absolute Gasteiger partial charge is 0.164 e. The van der Waals surface area contributed by atoms with Gasteiger partial charge in [-0.15, -0.1) is 5.54 Å². The molecule has 0 saturated carbocycles. The Morgan fingerprint density at radius 1 is 1.20 bits per heavy atom. The van der Waals surface area contributed by atoms with Crippen LogP contribution in [0.1, 0.15) is 5.56 Å². The minimum absolute atomic E-state index is 0.0729. The first-order chi connectivity index (χ1) is 6.81. The van der Waals surface area contributed by atoms with Crippen molar-refractivity contribution < 1.29 is 8.78 Å². The first kappa shape index (κ1) is 11.7. The van der Waals surface area contributed by atoms with E-state index >= 15 is 0 Å². The van der Waals surface area contributed by atoms with Gasteiger partial charge in [0.05, 0.1) is 11.3 Å². The van der Waals surface area contributed by atoms with Gasteiger partial charge >= 0.3 is 0 Å². The van der Waals surface area contributed by atoms with Crippen LogP contribution < -0.4 is 5.73 Å². The zero-order valence-electron chi connectivity index (χ0n) is 8.99. The second kappa shape index (κ2) is 4.03. The molecule has 0 radical (unpaired) electrons. The summed E-state index contributed by atoms with van der Waals surface area (Å²) in [4.78, 5) is 0. The van der Waals surface area contributed by atoms with Crippen molar-refractivity contribution in [3.8, 4) is 11.5 Å². The van der Waals surface area contributed by atoms with Crippen LogP contribution in [0.2, 0.25) is 19.6 Å². The minimum atomic E-state index is -1.64. The van der Waals surface area contributed by atoms with E-state index in [9.17, 15) is 8.78 Å². The Labute approximate surface area is 89.3 Å². The lowest BCUT2D eigenvalue weighted by molar-refractivity contribution is 0.580. The lowest BCUT2D eigenvalue weighted by Crippen LogP contribution is -2.16. The normalized spacial score (nSPS) is 10.7. The topological polar surface area (TPSA) is 26.0 Å². The van der Waals surface area contributed by atoms with Gasteiger partial charge in [-0.05, 0) is 12.1 Å². The van der Waals surface area contributed by atoms with Crippen LogP contribution >= 0.6 is 0 Å². The van der Waals surface area contributed by atoms with Crippen molar-refractivity contribution in [2.24, 2.45) is 0 Å². The number of rotatable bonds is 0. The molecule has 0 aromatic heterocycles. The van der Waals surface area contributed by atoms with Gasteiger partial charge in [0.2, 0.25) is 0 Å². The molecule has 0 heterocycles. The molecule has 0 atom stereocenters. The Hall–Kier alpha value is -1.34. The van der Waals surface area contributed by atoms with Crippen molar-refractivity contribution >= 4 is 13.8 Å². The molecule has 0 aliphatic rings. The van der Waals surface area contributed by atoms with E-state index in [2.05, 4.69) is 11.5 Å². The highest BCUT2D eigenvalue weighted by Crippen LogP contribution is 2.17. The minimum Gasteiger partial charge on any atom is -0.396 e. The molecule has 4 heteroatoms. The maximum Gasteiger partial charge on any atom is 0.164 e. The number of benzene rings is 1. The lowest BCUT2D eigenvalue weighted by Gasteiger charge is -2.04. The summed E-state index contributed by atoms with van der Waals surface area (Å²) in [6.07, 6.45) is 0. The molecule has 0 aliphatic heterocycles. The third-order valence-corrected chi connectivity index (χ3v) is 2.56. The molecule has 0 aliphatic carbocycles. The summed E-state index contributed by atoms with van der Waals surface area (Å²) < 4.78 is 26.6. The van der Waals surface area contributed by atoms with E-state index < -0.39 is 19.7 Å². The molecular formula is C11H13F2NSi. The van der Waals surface area contributed by atoms with Gasteiger partial charge in [-0.1, -0.05) is 25.6 Å². The molecule has 0 unspecified atom stereocenters. The average Bonchev–Trinajstić information content (AvgIpc) is 2.10. The van der Waals surface area contributed by atoms with E-state index in [4.69, 9.17) is 5.73 Å². The zero-order chi connectivity index (χ0) is 11.6. The van der Waals surface area contributed by atoms with Crippen molar-refractivity contribution in [1.82, 2.24) is 0 Å². The molecule has 15 heavy (non-hydrogen) atoms. The fourth-order valence-corrected chi connectivity index (χ4v) is 1.43. The summed E-state index contributed by atoms with van der Waals surface area (Å²) in [5.74, 6) is 1.12. The summed E-state index contributed by atoms with van der Waals surface area (Å²) >= 11 is 0. The van der Waals surface area contributed by atoms with Crippen LogP contribution in [-0.4, -0.2) is 8.07 Å². The van der Waals surface area contributed by atoms with Gasteiger partial charge < -0.3 is 5.73 Å². The highest BCUT2D eigenvalue weighted by Gasteiger charge is 2.12. The molecule has 0 amide bonds. The monoisotopic (exact) mass is 225 g/mol. The number of nitrogen functional groups attached to an aromatic ring is 1. The van der Waals surface area contributed by atoms with E-state index in [0.717, 1.165) is 6.07 Å². The van der Waals surface area contributed by atoms with E-state index in [0.29, 0.717) is 0 Å². The number of anilines is 1. The quantitative estimate of drug-likeness (QED) is 0.410. The van der Waals surface area contributed by atoms with Crippen LogP contribution in [-0.2, 0) is 0 Å². The van der Waals surface area contributed by atoms with E-state index in [-0.39, 0.29) is 11.3 Å². The Morgan fingerprint density at radius 3 is 2.33 bits per heavy atom. The summed E-state index contributed by atoms with van der Waals surface area (Å²) in [5, 5.41) is 0. The first-order valence-corrected chi connectivity index (χ1v) is 8.08. The van der Waals surface area contributed by atoms with Crippen LogP contribution in [0.3, 0.4) is 0 Å². The summed E-state index contributed by atoms with van der Waals surface area (Å²) in [5.41, 5.74) is 7.93. The van der Waals surface area contributed by atoms with Crippen LogP contribution in [0, 0.1) is 23.1 Å². The van der Waals surface area contributed by atoms with Crippen LogP contribution in [0.15, 0.2) is 12.1 Å². The van der Waals surface area contributed by atoms with E-state index in [1.165, 1.54) is 6.07 Å². The third kappa shape index (κ3) is 3.06. The number of hydrogen-bond donors (Lipinski definition) is 1. The molecular weight excluding hydrogens is 212 g/mol. The Bertz CT molecular complexity index is 438. The van der Waals surface area contributed by atoms with Gasteiger partial charge in [0.1, 0.15) is 13.9 Å². The molecule has 80 valence electrons. The molecule has 2 N–H and O–H groups in total. The molecule has 1 nitrogen and oxygen atoms in total. The summed E-state index contributed by atoms with van der Waals surface area (Å²) in [6, 6.07) is 2.33. The predicted molar refractivity (Wildman–Crippen MR) is 61.0 cm³/mol. The van der Waals surface area contributed by atoms with Crippen LogP contribution in [0.4, 0.5) is 14.5 Å². The number of nitrogens with two attached hydrogens (primary N) is 1. The second-order valence-electron chi connectivity index (χ2n) is 4.33. The number of hydrogen-bond acceptors (Lipinski definition) is 1. The standard InChI is InChI=1S/C11H13F2NSi/c1-15(2,3)7-6-8-9(12)4-5-10(14)11(8)13/h4-5H,14H2,1-3H3. The molecule has 1 aromatic carbocycles. The molecule has 0 fully saturated rings. The van der Waals surface area contributed by atoms with Gasteiger partial charge in [-0.3, -0.25) is 0 Å². The highest BCUT2D eigenvalue weighted by molar-refractivity contribution is 6.83. The van der Waals surface area contributed by atoms with Crippen molar-refractivity contribution in [2.75, 3.05) is 5.73 Å². The Kier molecular flexibility index (Phi) is 3.15. The molecule has 0 saturated heterocycles. The zero-order valence-corrected chi connectivity index (χ0v) is 9.99. The summed E-state index contributed by atoms with van der Waals surface area (Å²) in [7, 11) is -1.64. The molecule has 1 rings (SSSR count). The SMILES string of the molecule is C[Si](C)(C)C#Cc1c(F)ccc(N)c1F. The van der Waals surface area contributed by atoms with Gasteiger partial charge in [0.25, 0.3) is 0 Å². The Morgan fingerprint density at radius 2 is 1.80 bits per heavy atom. The van der Waals surface area contributed by atoms with E-state index in [1.807, 2.05) is 19.6 Å². The van der Waals surface area contributed by atoms with Crippen LogP contribution in [0.5, 0.6) is 0 Å². The van der Waals surface area contributed by atoms with Gasteiger partial charge in [-0.2, -0.15) is 0 Å². The average molecular weight is 225 g/mol. The van der Waals surface area contributed by atoms with Crippen LogP contribution in [0.25, 0.3) is 0 Å². The lowest BCUT2D eigenvalue weighted by atomic mass is 10.2. The second-order valence-corrected chi connectivity index (χ2v) is 9.08. The summed E-state index contributed by atoms with van der Waals surface area (Å²) in [6.45, 7) is 6.01. The first-order valence-electron chi connectivity index (χ1n) is 4.58. The van der Waals surface area contributed by atoms with Gasteiger partial charge in [-0.25, -0.2) is 8.78 Å². The highest BCUT2D eigenvalue weighted by atomic mass is 28.3. The fraction of sp³-hybridized carbons (Fsp3) is 0.273. The molecule has 0 spiro atoms. The van der Waals surface area contributed by atoms with E-state index in [1.54, 1.807) is 0 Å². The van der Waals surface area contributed by atoms with Gasteiger partial charge in [0, 0.05) is 0 Å². The van der Waals surface area contributed by atoms with Gasteiger partial charge in [0.15, 0.2) is 5.82 Å². The maximum atomic E-state index is 13.4. The molecule has 0 bridgehead atoms. The largest absolute Gasteiger partial charge is 0.396 e. The third-order valence-electron chi connectivity index (χ3n) is 1.68. The van der Waals surface area contributed by atoms with Crippen molar-refractivity contribution in [1.29, 1.82) is 0 Å². The maximum absolute atomic E-state index is 13.4. The predicted octanol–water partition coefficient (Wildman–Crippen LogP) is 2.78. The number of halogens is 2. The van der Waals surface area contributed by atoms with Crippen molar-refractivity contribution in [3.05, 3.63) is 29.3 Å². The molecule has 1 aromatic rings. The van der Waals surface area contributed by atoms with Crippen molar-refractivity contribution in [2.45, 2.75) is 19.6 Å². The van der Waals surface area contributed by atoms with Crippen molar-refractivity contribution in [3.63, 3.8) is 0 Å².